The SMILES string of the molecule is CSc1nc(N2CCCC2)c2cc(C(=O)Nc3cc(C)ccc3C)sc2n1. The van der Waals surface area contributed by atoms with Crippen LogP contribution in [0.3, 0.4) is 0 Å². The van der Waals surface area contributed by atoms with Crippen LogP contribution >= 0.6 is 23.1 Å². The predicted molar refractivity (Wildman–Crippen MR) is 115 cm³/mol. The Kier molecular flexibility index (Phi) is 5.06. The molecule has 1 saturated heterocycles. The van der Waals surface area contributed by atoms with E-state index in [-0.39, 0.29) is 5.91 Å². The van der Waals surface area contributed by atoms with Crippen molar-refractivity contribution in [1.82, 2.24) is 9.97 Å². The molecule has 1 aliphatic heterocycles. The lowest BCUT2D eigenvalue weighted by Gasteiger charge is -2.17. The van der Waals surface area contributed by atoms with Crippen molar-refractivity contribution in [2.45, 2.75) is 31.8 Å². The first-order valence-corrected chi connectivity index (χ1v) is 11.1. The Bertz CT molecular complexity index is 1010. The molecule has 0 aliphatic carbocycles. The highest BCUT2D eigenvalue weighted by molar-refractivity contribution is 7.98. The number of amides is 1. The number of thiophene rings is 1. The number of carbonyl (C=O) groups excluding carboxylic acids is 1. The molecular formula is C20H22N4OS2. The number of benzene rings is 1. The highest BCUT2D eigenvalue weighted by Crippen LogP contribution is 2.34. The molecule has 3 heterocycles. The third kappa shape index (κ3) is 3.66. The van der Waals surface area contributed by atoms with E-state index < -0.39 is 0 Å². The third-order valence-electron chi connectivity index (χ3n) is 4.81. The van der Waals surface area contributed by atoms with E-state index in [1.54, 1.807) is 0 Å². The van der Waals surface area contributed by atoms with Crippen LogP contribution in [0.1, 0.15) is 33.6 Å². The molecule has 1 N–H and O–H groups in total. The zero-order valence-electron chi connectivity index (χ0n) is 15.7. The summed E-state index contributed by atoms with van der Waals surface area (Å²) >= 11 is 2.97. The number of carbonyl (C=O) groups is 1. The molecule has 1 aromatic carbocycles. The van der Waals surface area contributed by atoms with E-state index in [1.165, 1.54) is 35.9 Å². The van der Waals surface area contributed by atoms with Gasteiger partial charge in [0.15, 0.2) is 5.16 Å². The average Bonchev–Trinajstić information content (AvgIpc) is 3.33. The van der Waals surface area contributed by atoms with Gasteiger partial charge in [0.1, 0.15) is 10.6 Å². The number of nitrogens with zero attached hydrogens (tertiary/aromatic N) is 3. The summed E-state index contributed by atoms with van der Waals surface area (Å²) in [7, 11) is 0. The molecule has 7 heteroatoms. The van der Waals surface area contributed by atoms with Crippen LogP contribution in [-0.2, 0) is 0 Å². The van der Waals surface area contributed by atoms with Crippen LogP contribution in [0.4, 0.5) is 11.5 Å². The molecule has 0 radical (unpaired) electrons. The van der Waals surface area contributed by atoms with Gasteiger partial charge in [-0.2, -0.15) is 0 Å². The number of hydrogen-bond acceptors (Lipinski definition) is 6. The molecule has 1 fully saturated rings. The normalized spacial score (nSPS) is 14.1. The number of anilines is 2. The second-order valence-electron chi connectivity index (χ2n) is 6.83. The number of thioether (sulfide) groups is 1. The molecule has 4 rings (SSSR count). The van der Waals surface area contributed by atoms with Crippen molar-refractivity contribution in [2.75, 3.05) is 29.6 Å². The first kappa shape index (κ1) is 18.3. The van der Waals surface area contributed by atoms with E-state index >= 15 is 0 Å². The van der Waals surface area contributed by atoms with Crippen LogP contribution in [0.2, 0.25) is 0 Å². The first-order valence-electron chi connectivity index (χ1n) is 9.04. The van der Waals surface area contributed by atoms with E-state index in [4.69, 9.17) is 4.98 Å². The molecule has 1 amide bonds. The van der Waals surface area contributed by atoms with E-state index in [0.717, 1.165) is 51.1 Å². The van der Waals surface area contributed by atoms with E-state index in [0.29, 0.717) is 4.88 Å². The molecule has 3 aromatic rings. The van der Waals surface area contributed by atoms with Gasteiger partial charge in [-0.15, -0.1) is 11.3 Å². The average molecular weight is 399 g/mol. The van der Waals surface area contributed by atoms with Crippen molar-refractivity contribution >= 4 is 50.7 Å². The van der Waals surface area contributed by atoms with E-state index in [2.05, 4.69) is 15.2 Å². The van der Waals surface area contributed by atoms with Crippen molar-refractivity contribution in [3.05, 3.63) is 40.3 Å². The second kappa shape index (κ2) is 7.48. The standard InChI is InChI=1S/C20H22N4OS2/c1-12-6-7-13(2)15(10-12)21-18(25)16-11-14-17(24-8-4-5-9-24)22-20(26-3)23-19(14)27-16/h6-7,10-11H,4-5,8-9H2,1-3H3,(H,21,25). The fraction of sp³-hybridized carbons (Fsp3) is 0.350. The highest BCUT2D eigenvalue weighted by atomic mass is 32.2. The van der Waals surface area contributed by atoms with Gasteiger partial charge in [-0.1, -0.05) is 23.9 Å². The number of hydrogen-bond donors (Lipinski definition) is 1. The molecule has 27 heavy (non-hydrogen) atoms. The van der Waals surface area contributed by atoms with Gasteiger partial charge in [0.05, 0.1) is 10.3 Å². The number of nitrogens with one attached hydrogen (secondary N) is 1. The maximum absolute atomic E-state index is 12.9. The van der Waals surface area contributed by atoms with Crippen molar-refractivity contribution in [1.29, 1.82) is 0 Å². The molecule has 2 aromatic heterocycles. The molecule has 5 nitrogen and oxygen atoms in total. The van der Waals surface area contributed by atoms with E-state index in [1.807, 2.05) is 44.4 Å². The van der Waals surface area contributed by atoms with Crippen molar-refractivity contribution in [3.63, 3.8) is 0 Å². The molecular weight excluding hydrogens is 376 g/mol. The topological polar surface area (TPSA) is 58.1 Å². The van der Waals surface area contributed by atoms with Crippen LogP contribution in [0.25, 0.3) is 10.2 Å². The lowest BCUT2D eigenvalue weighted by molar-refractivity contribution is 0.103. The number of rotatable bonds is 4. The van der Waals surface area contributed by atoms with Gasteiger partial charge in [0.2, 0.25) is 0 Å². The maximum atomic E-state index is 12.9. The Labute approximate surface area is 167 Å². The Morgan fingerprint density at radius 1 is 1.19 bits per heavy atom. The highest BCUT2D eigenvalue weighted by Gasteiger charge is 2.21. The maximum Gasteiger partial charge on any atom is 0.265 e. The van der Waals surface area contributed by atoms with Gasteiger partial charge in [-0.25, -0.2) is 9.97 Å². The fourth-order valence-electron chi connectivity index (χ4n) is 3.31. The Hall–Kier alpha value is -2.12. The molecule has 0 spiro atoms. The lowest BCUT2D eigenvalue weighted by Crippen LogP contribution is -2.19. The van der Waals surface area contributed by atoms with Crippen molar-refractivity contribution < 1.29 is 4.79 Å². The summed E-state index contributed by atoms with van der Waals surface area (Å²) in [6.45, 7) is 6.05. The van der Waals surface area contributed by atoms with Crippen LogP contribution < -0.4 is 10.2 Å². The summed E-state index contributed by atoms with van der Waals surface area (Å²) in [5.41, 5.74) is 3.03. The molecule has 1 aliphatic rings. The molecule has 0 saturated carbocycles. The van der Waals surface area contributed by atoms with Crippen LogP contribution in [-0.4, -0.2) is 35.2 Å². The minimum Gasteiger partial charge on any atom is -0.356 e. The van der Waals surface area contributed by atoms with Crippen LogP contribution in [0, 0.1) is 13.8 Å². The Balaban J connectivity index is 1.71. The van der Waals surface area contributed by atoms with E-state index in [9.17, 15) is 4.79 Å². The minimum atomic E-state index is -0.0928. The van der Waals surface area contributed by atoms with Crippen molar-refractivity contribution in [3.8, 4) is 0 Å². The summed E-state index contributed by atoms with van der Waals surface area (Å²) in [6, 6.07) is 8.02. The van der Waals surface area contributed by atoms with Crippen LogP contribution in [0.15, 0.2) is 29.4 Å². The third-order valence-corrected chi connectivity index (χ3v) is 6.38. The molecule has 140 valence electrons. The lowest BCUT2D eigenvalue weighted by atomic mass is 10.1. The fourth-order valence-corrected chi connectivity index (χ4v) is 4.65. The monoisotopic (exact) mass is 398 g/mol. The summed E-state index contributed by atoms with van der Waals surface area (Å²) < 4.78 is 0. The second-order valence-corrected chi connectivity index (χ2v) is 8.63. The number of aryl methyl sites for hydroxylation is 2. The molecule has 0 atom stereocenters. The smallest absolute Gasteiger partial charge is 0.265 e. The largest absolute Gasteiger partial charge is 0.356 e. The predicted octanol–water partition coefficient (Wildman–Crippen LogP) is 4.88. The summed E-state index contributed by atoms with van der Waals surface area (Å²) in [4.78, 5) is 26.1. The zero-order valence-corrected chi connectivity index (χ0v) is 17.3. The van der Waals surface area contributed by atoms with Gasteiger partial charge in [-0.05, 0) is 56.2 Å². The zero-order chi connectivity index (χ0) is 19.0. The van der Waals surface area contributed by atoms with Gasteiger partial charge in [-0.3, -0.25) is 4.79 Å². The number of aromatic nitrogens is 2. The Morgan fingerprint density at radius 2 is 1.96 bits per heavy atom. The molecule has 0 unspecified atom stereocenters. The Morgan fingerprint density at radius 3 is 2.70 bits per heavy atom. The first-order chi connectivity index (χ1) is 13.0. The van der Waals surface area contributed by atoms with Crippen molar-refractivity contribution in [2.24, 2.45) is 0 Å². The minimum absolute atomic E-state index is 0.0928. The summed E-state index contributed by atoms with van der Waals surface area (Å²) in [6.07, 6.45) is 4.35. The molecule has 0 bridgehead atoms. The van der Waals surface area contributed by atoms with Crippen LogP contribution in [0.5, 0.6) is 0 Å². The van der Waals surface area contributed by atoms with Gasteiger partial charge in [0, 0.05) is 18.8 Å². The summed E-state index contributed by atoms with van der Waals surface area (Å²) in [5, 5.41) is 4.79. The van der Waals surface area contributed by atoms with Gasteiger partial charge < -0.3 is 10.2 Å². The number of fused-ring (bicyclic) bond motifs is 1. The van der Waals surface area contributed by atoms with Gasteiger partial charge in [0.25, 0.3) is 5.91 Å². The quantitative estimate of drug-likeness (QED) is 0.501. The summed E-state index contributed by atoms with van der Waals surface area (Å²) in [5.74, 6) is 0.869. The van der Waals surface area contributed by atoms with Gasteiger partial charge >= 0.3 is 0 Å².